The molecule has 9 nitrogen and oxygen atoms in total. The van der Waals surface area contributed by atoms with Gasteiger partial charge in [-0.05, 0) is 130 Å². The first-order valence-electron chi connectivity index (χ1n) is 15.6. The average molecular weight is 575 g/mol. The number of hydrogen-bond acceptors (Lipinski definition) is 8. The molecular formula is C33H46N6O3. The van der Waals surface area contributed by atoms with Gasteiger partial charge in [-0.25, -0.2) is 5.84 Å². The predicted molar refractivity (Wildman–Crippen MR) is 169 cm³/mol. The monoisotopic (exact) mass is 574 g/mol. The number of nitrogen functional groups attached to an aromatic ring is 1. The highest BCUT2D eigenvalue weighted by Gasteiger charge is 2.45. The standard InChI is InChI=1S/C33H46N6O3/c1-42-24-19-33(20-24)11-16-38(17-12-33)14-3-15-39(35)32-27-5-2-4-25(27)23(18-28(32)34)21-36-13-10-22-6-8-29(40)31-26(22)7-9-30(41)37-31/h6-9,18,24,36,40H,2-5,10-17,19-21,34-35H2,1H3,(H,37,41). The van der Waals surface area contributed by atoms with Gasteiger partial charge in [0.15, 0.2) is 0 Å². The summed E-state index contributed by atoms with van der Waals surface area (Å²) in [7, 11) is 1.84. The van der Waals surface area contributed by atoms with Crippen LogP contribution in [0.4, 0.5) is 11.4 Å². The first-order valence-corrected chi connectivity index (χ1v) is 15.6. The van der Waals surface area contributed by atoms with E-state index in [1.54, 1.807) is 12.1 Å². The van der Waals surface area contributed by atoms with Crippen LogP contribution < -0.4 is 27.5 Å². The molecule has 0 unspecified atom stereocenters. The maximum atomic E-state index is 11.7. The first-order chi connectivity index (χ1) is 20.4. The fourth-order valence-electron chi connectivity index (χ4n) is 7.64. The fraction of sp³-hybridized carbons (Fsp3) is 0.545. The lowest BCUT2D eigenvalue weighted by molar-refractivity contribution is -0.0876. The third kappa shape index (κ3) is 5.88. The Hall–Kier alpha value is -3.11. The Morgan fingerprint density at radius 1 is 1.14 bits per heavy atom. The normalized spacial score (nSPS) is 18.4. The van der Waals surface area contributed by atoms with E-state index in [0.717, 1.165) is 80.6 Å². The van der Waals surface area contributed by atoms with E-state index in [2.05, 4.69) is 21.3 Å². The Labute approximate surface area is 248 Å². The van der Waals surface area contributed by atoms with Crippen molar-refractivity contribution in [3.05, 3.63) is 62.9 Å². The predicted octanol–water partition coefficient (Wildman–Crippen LogP) is 3.60. The summed E-state index contributed by atoms with van der Waals surface area (Å²) in [5.41, 5.74) is 14.3. The van der Waals surface area contributed by atoms with E-state index in [1.165, 1.54) is 61.5 Å². The van der Waals surface area contributed by atoms with Crippen LogP contribution in [0.2, 0.25) is 0 Å². The van der Waals surface area contributed by atoms with Crippen molar-refractivity contribution in [3.63, 3.8) is 0 Å². The minimum atomic E-state index is -0.218. The molecule has 2 aliphatic carbocycles. The number of benzene rings is 2. The molecule has 6 rings (SSSR count). The van der Waals surface area contributed by atoms with Gasteiger partial charge in [0.05, 0.1) is 23.0 Å². The number of rotatable bonds is 11. The van der Waals surface area contributed by atoms with Crippen molar-refractivity contribution in [2.24, 2.45) is 11.3 Å². The molecule has 0 bridgehead atoms. The molecular weight excluding hydrogens is 528 g/mol. The molecule has 1 aromatic heterocycles. The minimum absolute atomic E-state index is 0.0915. The Balaban J connectivity index is 1.02. The molecule has 1 spiro atoms. The van der Waals surface area contributed by atoms with E-state index < -0.39 is 0 Å². The van der Waals surface area contributed by atoms with Gasteiger partial charge in [-0.3, -0.25) is 4.79 Å². The second kappa shape index (κ2) is 12.2. The van der Waals surface area contributed by atoms with Crippen LogP contribution in [0.5, 0.6) is 5.75 Å². The van der Waals surface area contributed by atoms with Gasteiger partial charge < -0.3 is 35.8 Å². The maximum absolute atomic E-state index is 11.7. The molecule has 0 radical (unpaired) electrons. The van der Waals surface area contributed by atoms with Crippen molar-refractivity contribution in [1.29, 1.82) is 0 Å². The SMILES string of the molecule is COC1CC2(CCN(CCCN(N)c3c(N)cc(CNCCc4ccc(O)c5[nH]c(=O)ccc45)c4c3CCC4)CC2)C1. The molecule has 2 fully saturated rings. The van der Waals surface area contributed by atoms with Gasteiger partial charge in [-0.2, -0.15) is 0 Å². The molecule has 3 aliphatic rings. The molecule has 9 heteroatoms. The smallest absolute Gasteiger partial charge is 0.248 e. The average Bonchev–Trinajstić information content (AvgIpc) is 3.45. The summed E-state index contributed by atoms with van der Waals surface area (Å²) in [6, 6.07) is 8.96. The number of aromatic hydroxyl groups is 1. The number of nitrogens with one attached hydrogen (secondary N) is 2. The zero-order valence-corrected chi connectivity index (χ0v) is 24.9. The number of piperidine rings is 1. The van der Waals surface area contributed by atoms with Gasteiger partial charge >= 0.3 is 0 Å². The fourth-order valence-corrected chi connectivity index (χ4v) is 7.64. The van der Waals surface area contributed by atoms with Crippen LogP contribution in [0, 0.1) is 5.41 Å². The highest BCUT2D eigenvalue weighted by atomic mass is 16.5. The third-order valence-electron chi connectivity index (χ3n) is 10.1. The van der Waals surface area contributed by atoms with Gasteiger partial charge in [0.25, 0.3) is 0 Å². The van der Waals surface area contributed by atoms with E-state index in [9.17, 15) is 9.90 Å². The van der Waals surface area contributed by atoms with Gasteiger partial charge in [0.2, 0.25) is 5.56 Å². The topological polar surface area (TPSA) is 133 Å². The van der Waals surface area contributed by atoms with E-state index in [4.69, 9.17) is 16.3 Å². The summed E-state index contributed by atoms with van der Waals surface area (Å²) in [5, 5.41) is 16.5. The Morgan fingerprint density at radius 3 is 2.71 bits per heavy atom. The second-order valence-corrected chi connectivity index (χ2v) is 12.7. The molecule has 3 aromatic rings. The molecule has 1 saturated carbocycles. The van der Waals surface area contributed by atoms with Crippen LogP contribution in [0.15, 0.2) is 35.1 Å². The van der Waals surface area contributed by atoms with Crippen molar-refractivity contribution < 1.29 is 9.84 Å². The molecule has 2 aromatic carbocycles. The van der Waals surface area contributed by atoms with Crippen LogP contribution in [0.25, 0.3) is 10.9 Å². The lowest BCUT2D eigenvalue weighted by Gasteiger charge is -2.51. The van der Waals surface area contributed by atoms with Gasteiger partial charge in [-0.1, -0.05) is 6.07 Å². The number of aromatic nitrogens is 1. The van der Waals surface area contributed by atoms with Crippen LogP contribution in [0.3, 0.4) is 0 Å². The van der Waals surface area contributed by atoms with Crippen LogP contribution in [-0.2, 0) is 30.5 Å². The van der Waals surface area contributed by atoms with Gasteiger partial charge in [0.1, 0.15) is 5.75 Å². The number of phenolic OH excluding ortho intramolecular Hbond substituents is 1. The quantitative estimate of drug-likeness (QED) is 0.102. The van der Waals surface area contributed by atoms with Crippen molar-refractivity contribution in [2.75, 3.05) is 50.6 Å². The molecule has 0 amide bonds. The van der Waals surface area contributed by atoms with Crippen molar-refractivity contribution in [2.45, 2.75) is 70.4 Å². The van der Waals surface area contributed by atoms with Gasteiger partial charge in [0, 0.05) is 31.7 Å². The van der Waals surface area contributed by atoms with Crippen LogP contribution in [-0.4, -0.2) is 60.9 Å². The molecule has 1 saturated heterocycles. The number of phenols is 1. The van der Waals surface area contributed by atoms with Gasteiger partial charge in [-0.15, -0.1) is 0 Å². The second-order valence-electron chi connectivity index (χ2n) is 12.7. The molecule has 226 valence electrons. The first kappa shape index (κ1) is 29.0. The Kier molecular flexibility index (Phi) is 8.45. The zero-order chi connectivity index (χ0) is 29.3. The van der Waals surface area contributed by atoms with Crippen molar-refractivity contribution in [3.8, 4) is 5.75 Å². The third-order valence-corrected chi connectivity index (χ3v) is 10.1. The molecule has 2 heterocycles. The number of ether oxygens (including phenoxy) is 1. The minimum Gasteiger partial charge on any atom is -0.506 e. The molecule has 1 aliphatic heterocycles. The number of anilines is 2. The number of H-pyrrole nitrogens is 1. The number of methoxy groups -OCH3 is 1. The number of fused-ring (bicyclic) bond motifs is 2. The Morgan fingerprint density at radius 2 is 1.93 bits per heavy atom. The molecule has 7 N–H and O–H groups in total. The highest BCUT2D eigenvalue weighted by molar-refractivity contribution is 5.87. The van der Waals surface area contributed by atoms with Crippen molar-refractivity contribution in [1.82, 2.24) is 15.2 Å². The van der Waals surface area contributed by atoms with Crippen molar-refractivity contribution >= 4 is 22.3 Å². The summed E-state index contributed by atoms with van der Waals surface area (Å²) in [4.78, 5) is 17.1. The number of nitrogens with zero attached hydrogens (tertiary/aromatic N) is 2. The lowest BCUT2D eigenvalue weighted by atomic mass is 9.61. The summed E-state index contributed by atoms with van der Waals surface area (Å²) < 4.78 is 5.52. The van der Waals surface area contributed by atoms with E-state index in [-0.39, 0.29) is 11.3 Å². The number of hydrogen-bond donors (Lipinski definition) is 5. The lowest BCUT2D eigenvalue weighted by Crippen LogP contribution is -2.50. The summed E-state index contributed by atoms with van der Waals surface area (Å²) in [5.74, 6) is 6.75. The van der Waals surface area contributed by atoms with Crippen LogP contribution in [0.1, 0.15) is 60.8 Å². The number of hydrazine groups is 1. The summed E-state index contributed by atoms with van der Waals surface area (Å²) in [6.45, 7) is 5.75. The van der Waals surface area contributed by atoms with Crippen LogP contribution >= 0.6 is 0 Å². The van der Waals surface area contributed by atoms with E-state index in [0.29, 0.717) is 17.0 Å². The zero-order valence-electron chi connectivity index (χ0n) is 24.9. The summed E-state index contributed by atoms with van der Waals surface area (Å²) >= 11 is 0. The number of pyridine rings is 1. The number of nitrogens with two attached hydrogens (primary N) is 2. The number of aromatic amines is 1. The maximum Gasteiger partial charge on any atom is 0.248 e. The largest absolute Gasteiger partial charge is 0.506 e. The molecule has 42 heavy (non-hydrogen) atoms. The molecule has 0 atom stereocenters. The van der Waals surface area contributed by atoms with E-state index >= 15 is 0 Å². The Bertz CT molecular complexity index is 1470. The van der Waals surface area contributed by atoms with E-state index in [1.807, 2.05) is 18.2 Å². The highest BCUT2D eigenvalue weighted by Crippen LogP contribution is 2.50. The summed E-state index contributed by atoms with van der Waals surface area (Å²) in [6.07, 6.45) is 10.6. The number of likely N-dealkylation sites (tertiary alicyclic amines) is 1.